The zero-order chi connectivity index (χ0) is 20.5. The van der Waals surface area contributed by atoms with Gasteiger partial charge < -0.3 is 10.1 Å². The lowest BCUT2D eigenvalue weighted by molar-refractivity contribution is -0.116. The van der Waals surface area contributed by atoms with Crippen molar-refractivity contribution < 1.29 is 18.3 Å². The largest absolute Gasteiger partial charge is 0.493 e. The van der Waals surface area contributed by atoms with Crippen molar-refractivity contribution in [2.24, 2.45) is 10.2 Å². The van der Waals surface area contributed by atoms with Gasteiger partial charge in [-0.05, 0) is 43.2 Å². The van der Waals surface area contributed by atoms with E-state index >= 15 is 0 Å². The first-order valence-corrected chi connectivity index (χ1v) is 10.3. The number of carbonyl (C=O) groups excluding carboxylic acids is 1. The van der Waals surface area contributed by atoms with Gasteiger partial charge in [-0.1, -0.05) is 24.3 Å². The number of amides is 1. The minimum Gasteiger partial charge on any atom is -0.493 e. The predicted octanol–water partition coefficient (Wildman–Crippen LogP) is 3.57. The molecule has 1 amide bonds. The number of hydrogen-bond donors (Lipinski definition) is 2. The second-order valence-corrected chi connectivity index (χ2v) is 8.48. The number of benzene rings is 2. The van der Waals surface area contributed by atoms with Crippen molar-refractivity contribution in [1.29, 1.82) is 0 Å². The first-order valence-electron chi connectivity index (χ1n) is 8.45. The van der Waals surface area contributed by atoms with Gasteiger partial charge >= 0.3 is 0 Å². The van der Waals surface area contributed by atoms with E-state index in [4.69, 9.17) is 0 Å². The molecule has 2 N–H and O–H groups in total. The van der Waals surface area contributed by atoms with Gasteiger partial charge in [0.15, 0.2) is 5.69 Å². The summed E-state index contributed by atoms with van der Waals surface area (Å²) in [6.07, 6.45) is 1.03. The first kappa shape index (κ1) is 19.6. The molecule has 0 aliphatic heterocycles. The second kappa shape index (κ2) is 7.43. The van der Waals surface area contributed by atoms with Crippen molar-refractivity contribution in [2.45, 2.75) is 13.8 Å². The molecule has 0 bridgehead atoms. The molecule has 8 nitrogen and oxygen atoms in total. The van der Waals surface area contributed by atoms with Crippen LogP contribution in [0.1, 0.15) is 11.1 Å². The molecule has 0 atom stereocenters. The molecule has 0 fully saturated rings. The van der Waals surface area contributed by atoms with E-state index in [2.05, 4.69) is 15.2 Å². The summed E-state index contributed by atoms with van der Waals surface area (Å²) >= 11 is 0. The number of aromatic hydroxyl groups is 1. The average molecular weight is 400 g/mol. The lowest BCUT2D eigenvalue weighted by Gasteiger charge is -2.21. The van der Waals surface area contributed by atoms with E-state index in [0.29, 0.717) is 16.6 Å². The highest BCUT2D eigenvalue weighted by molar-refractivity contribution is 7.92. The molecule has 0 aliphatic carbocycles. The summed E-state index contributed by atoms with van der Waals surface area (Å²) in [7, 11) is -3.71. The van der Waals surface area contributed by atoms with Gasteiger partial charge in [0.1, 0.15) is 6.54 Å². The van der Waals surface area contributed by atoms with E-state index in [1.165, 1.54) is 0 Å². The second-order valence-electron chi connectivity index (χ2n) is 6.58. The highest BCUT2D eigenvalue weighted by atomic mass is 32.2. The molecule has 3 aromatic rings. The number of aromatic amines is 1. The molecular formula is C19H20N4O4S. The Morgan fingerprint density at radius 1 is 1.14 bits per heavy atom. The summed E-state index contributed by atoms with van der Waals surface area (Å²) in [5.74, 6) is -0.971. The van der Waals surface area contributed by atoms with Crippen molar-refractivity contribution in [3.05, 3.63) is 53.6 Å². The number of nitrogens with one attached hydrogen (secondary N) is 1. The van der Waals surface area contributed by atoms with Gasteiger partial charge in [-0.25, -0.2) is 8.42 Å². The number of anilines is 1. The third-order valence-electron chi connectivity index (χ3n) is 4.09. The van der Waals surface area contributed by atoms with Gasteiger partial charge in [0.2, 0.25) is 15.9 Å². The predicted molar refractivity (Wildman–Crippen MR) is 108 cm³/mol. The van der Waals surface area contributed by atoms with Gasteiger partial charge in [-0.2, -0.15) is 0 Å². The Kier molecular flexibility index (Phi) is 5.19. The van der Waals surface area contributed by atoms with Crippen LogP contribution >= 0.6 is 0 Å². The van der Waals surface area contributed by atoms with Crippen molar-refractivity contribution in [3.8, 4) is 5.88 Å². The smallest absolute Gasteiger partial charge is 0.285 e. The third kappa shape index (κ3) is 4.20. The summed E-state index contributed by atoms with van der Waals surface area (Å²) in [5, 5.41) is 18.0. The van der Waals surface area contributed by atoms with E-state index in [1.807, 2.05) is 19.9 Å². The Morgan fingerprint density at radius 2 is 1.79 bits per heavy atom. The number of fused-ring (bicyclic) bond motifs is 1. The van der Waals surface area contributed by atoms with Gasteiger partial charge in [-0.15, -0.1) is 10.2 Å². The maximum atomic E-state index is 12.3. The van der Waals surface area contributed by atoms with Crippen LogP contribution in [0.25, 0.3) is 10.9 Å². The number of azo groups is 1. The molecule has 28 heavy (non-hydrogen) atoms. The van der Waals surface area contributed by atoms with E-state index in [9.17, 15) is 18.3 Å². The molecular weight excluding hydrogens is 380 g/mol. The van der Waals surface area contributed by atoms with Gasteiger partial charge in [0.25, 0.3) is 5.91 Å². The number of hydrogen-bond acceptors (Lipinski definition) is 5. The van der Waals surface area contributed by atoms with Crippen molar-refractivity contribution in [2.75, 3.05) is 17.1 Å². The summed E-state index contributed by atoms with van der Waals surface area (Å²) in [4.78, 5) is 15.1. The van der Waals surface area contributed by atoms with Gasteiger partial charge in [-0.3, -0.25) is 9.10 Å². The highest BCUT2D eigenvalue weighted by Crippen LogP contribution is 2.35. The number of para-hydroxylation sites is 1. The molecule has 3 rings (SSSR count). The van der Waals surface area contributed by atoms with Crippen molar-refractivity contribution in [3.63, 3.8) is 0 Å². The van der Waals surface area contributed by atoms with E-state index in [-0.39, 0.29) is 11.6 Å². The van der Waals surface area contributed by atoms with Gasteiger partial charge in [0, 0.05) is 5.39 Å². The van der Waals surface area contributed by atoms with Crippen molar-refractivity contribution in [1.82, 2.24) is 4.98 Å². The minimum absolute atomic E-state index is 0.126. The zero-order valence-electron chi connectivity index (χ0n) is 15.7. The normalized spacial score (nSPS) is 12.0. The molecule has 0 unspecified atom stereocenters. The molecule has 9 heteroatoms. The Hall–Kier alpha value is -3.20. The van der Waals surface area contributed by atoms with Crippen LogP contribution in [0, 0.1) is 13.8 Å². The third-order valence-corrected chi connectivity index (χ3v) is 5.24. The SMILES string of the molecule is Cc1cc(C)cc(N(CC(=O)N=Nc2c(O)[nH]c3ccccc23)S(C)(=O)=O)c1. The maximum Gasteiger partial charge on any atom is 0.285 e. The monoisotopic (exact) mass is 400 g/mol. The summed E-state index contributed by atoms with van der Waals surface area (Å²) in [5.41, 5.74) is 2.91. The van der Waals surface area contributed by atoms with Crippen LogP contribution in [-0.4, -0.2) is 37.2 Å². The standard InChI is InChI=1S/C19H20N4O4S/c1-12-8-13(2)10-14(9-12)23(28(3,26)27)11-17(24)21-22-18-15-6-4-5-7-16(15)20-19(18)25/h4-10,20,25H,11H2,1-3H3. The van der Waals surface area contributed by atoms with Crippen LogP contribution in [0.4, 0.5) is 11.4 Å². The molecule has 0 aliphatic rings. The van der Waals surface area contributed by atoms with E-state index < -0.39 is 22.5 Å². The number of aromatic nitrogens is 1. The number of aryl methyl sites for hydroxylation is 2. The Labute approximate surface area is 162 Å². The first-order chi connectivity index (χ1) is 13.1. The fraction of sp³-hybridized carbons (Fsp3) is 0.211. The minimum atomic E-state index is -3.71. The Balaban J connectivity index is 1.88. The maximum absolute atomic E-state index is 12.3. The van der Waals surface area contributed by atoms with Crippen LogP contribution in [0.3, 0.4) is 0 Å². The van der Waals surface area contributed by atoms with Crippen LogP contribution in [0.2, 0.25) is 0 Å². The molecule has 0 saturated heterocycles. The molecule has 1 aromatic heterocycles. The Bertz CT molecular complexity index is 1160. The zero-order valence-corrected chi connectivity index (χ0v) is 16.5. The lowest BCUT2D eigenvalue weighted by Crippen LogP contribution is -2.34. The number of nitrogens with zero attached hydrogens (tertiary/aromatic N) is 3. The topological polar surface area (TPSA) is 115 Å². The summed E-state index contributed by atoms with van der Waals surface area (Å²) in [6, 6.07) is 12.3. The van der Waals surface area contributed by atoms with E-state index in [1.54, 1.807) is 36.4 Å². The van der Waals surface area contributed by atoms with E-state index in [0.717, 1.165) is 21.7 Å². The molecule has 0 spiro atoms. The lowest BCUT2D eigenvalue weighted by atomic mass is 10.1. The molecule has 0 radical (unpaired) electrons. The Morgan fingerprint density at radius 3 is 2.43 bits per heavy atom. The molecule has 146 valence electrons. The number of H-pyrrole nitrogens is 1. The molecule has 1 heterocycles. The van der Waals surface area contributed by atoms with Crippen LogP contribution in [0.15, 0.2) is 52.7 Å². The van der Waals surface area contributed by atoms with Crippen molar-refractivity contribution >= 4 is 38.2 Å². The van der Waals surface area contributed by atoms with Gasteiger partial charge in [0.05, 0.1) is 17.5 Å². The number of carbonyl (C=O) groups is 1. The average Bonchev–Trinajstić information content (AvgIpc) is 2.91. The number of rotatable bonds is 5. The highest BCUT2D eigenvalue weighted by Gasteiger charge is 2.21. The molecule has 0 saturated carbocycles. The quantitative estimate of drug-likeness (QED) is 0.637. The fourth-order valence-electron chi connectivity index (χ4n) is 2.97. The number of sulfonamides is 1. The summed E-state index contributed by atoms with van der Waals surface area (Å²) in [6.45, 7) is 3.20. The van der Waals surface area contributed by atoms with Crippen LogP contribution in [0.5, 0.6) is 5.88 Å². The molecule has 2 aromatic carbocycles. The van der Waals surface area contributed by atoms with Crippen LogP contribution < -0.4 is 4.31 Å². The summed E-state index contributed by atoms with van der Waals surface area (Å²) < 4.78 is 25.4. The fourth-order valence-corrected chi connectivity index (χ4v) is 3.80. The van der Waals surface area contributed by atoms with Crippen LogP contribution in [-0.2, 0) is 14.8 Å².